The highest BCUT2D eigenvalue weighted by molar-refractivity contribution is 6.19. The molecule has 1 aromatic carbocycles. The summed E-state index contributed by atoms with van der Waals surface area (Å²) in [5.74, 6) is -0.147. The van der Waals surface area contributed by atoms with Crippen LogP contribution in [0.1, 0.15) is 29.3 Å². The van der Waals surface area contributed by atoms with Gasteiger partial charge in [0.1, 0.15) is 17.1 Å². The fourth-order valence-electron chi connectivity index (χ4n) is 2.74. The van der Waals surface area contributed by atoms with Crippen LogP contribution >= 0.6 is 0 Å². The predicted molar refractivity (Wildman–Crippen MR) is 90.3 cm³/mol. The second-order valence-electron chi connectivity index (χ2n) is 5.63. The van der Waals surface area contributed by atoms with Gasteiger partial charge in [0, 0.05) is 13.6 Å². The van der Waals surface area contributed by atoms with Gasteiger partial charge in [-0.15, -0.1) is 0 Å². The summed E-state index contributed by atoms with van der Waals surface area (Å²) in [6.07, 6.45) is 2.23. The number of phenols is 1. The van der Waals surface area contributed by atoms with E-state index in [0.717, 1.165) is 4.57 Å². The summed E-state index contributed by atoms with van der Waals surface area (Å²) >= 11 is 0. The van der Waals surface area contributed by atoms with Crippen LogP contribution in [0.4, 0.5) is 5.82 Å². The van der Waals surface area contributed by atoms with Crippen LogP contribution in [-0.2, 0) is 13.6 Å². The van der Waals surface area contributed by atoms with E-state index in [1.807, 2.05) is 6.92 Å². The molecular formula is C17H17N3O4. The first kappa shape index (κ1) is 15.8. The largest absolute Gasteiger partial charge is 0.508 e. The maximum atomic E-state index is 12.6. The number of carbonyl (C=O) groups excluding carboxylic acids is 1. The molecular weight excluding hydrogens is 310 g/mol. The van der Waals surface area contributed by atoms with Crippen LogP contribution < -0.4 is 16.6 Å². The van der Waals surface area contributed by atoms with Crippen LogP contribution in [0.2, 0.25) is 0 Å². The second kappa shape index (κ2) is 5.84. The van der Waals surface area contributed by atoms with Crippen molar-refractivity contribution in [2.75, 3.05) is 5.32 Å². The molecule has 0 fully saturated rings. The van der Waals surface area contributed by atoms with Crippen LogP contribution in [0, 0.1) is 0 Å². The minimum absolute atomic E-state index is 0.0306. The molecule has 0 bridgehead atoms. The molecule has 124 valence electrons. The number of nitrogens with zero attached hydrogens (tertiary/aromatic N) is 2. The minimum Gasteiger partial charge on any atom is -0.508 e. The number of aromatic hydroxyl groups is 1. The van der Waals surface area contributed by atoms with Gasteiger partial charge in [-0.25, -0.2) is 4.79 Å². The average molecular weight is 327 g/mol. The second-order valence-corrected chi connectivity index (χ2v) is 5.63. The fourth-order valence-corrected chi connectivity index (χ4v) is 2.74. The Morgan fingerprint density at radius 2 is 2.00 bits per heavy atom. The van der Waals surface area contributed by atoms with E-state index >= 15 is 0 Å². The number of hydrogen-bond acceptors (Lipinski definition) is 5. The quantitative estimate of drug-likeness (QED) is 0.829. The Labute approximate surface area is 137 Å². The summed E-state index contributed by atoms with van der Waals surface area (Å²) < 4.78 is 2.35. The van der Waals surface area contributed by atoms with Crippen molar-refractivity contribution in [3.05, 3.63) is 61.9 Å². The highest BCUT2D eigenvalue weighted by atomic mass is 16.3. The van der Waals surface area contributed by atoms with Crippen LogP contribution in [-0.4, -0.2) is 20.0 Å². The van der Waals surface area contributed by atoms with Gasteiger partial charge in [0.2, 0.25) is 5.78 Å². The van der Waals surface area contributed by atoms with Crippen LogP contribution in [0.25, 0.3) is 6.08 Å². The first-order valence-corrected chi connectivity index (χ1v) is 7.60. The molecule has 7 nitrogen and oxygen atoms in total. The lowest BCUT2D eigenvalue weighted by molar-refractivity contribution is 0.104. The SMILES string of the molecule is CCCn1c2c(c(=O)n(C)c1=O)C(=O)C(=Cc1cccc(O)c1)N2. The van der Waals surface area contributed by atoms with E-state index in [2.05, 4.69) is 5.32 Å². The molecule has 0 radical (unpaired) electrons. The van der Waals surface area contributed by atoms with E-state index < -0.39 is 17.0 Å². The average Bonchev–Trinajstić information content (AvgIpc) is 2.86. The van der Waals surface area contributed by atoms with Crippen molar-refractivity contribution in [3.63, 3.8) is 0 Å². The van der Waals surface area contributed by atoms with Gasteiger partial charge in [-0.2, -0.15) is 0 Å². The van der Waals surface area contributed by atoms with Gasteiger partial charge in [-0.3, -0.25) is 18.7 Å². The number of allylic oxidation sites excluding steroid dienone is 1. The minimum atomic E-state index is -0.612. The topological polar surface area (TPSA) is 93.3 Å². The number of fused-ring (bicyclic) bond motifs is 1. The summed E-state index contributed by atoms with van der Waals surface area (Å²) in [4.78, 5) is 37.2. The summed E-state index contributed by atoms with van der Waals surface area (Å²) in [7, 11) is 1.36. The molecule has 7 heteroatoms. The summed E-state index contributed by atoms with van der Waals surface area (Å²) in [5, 5.41) is 12.4. The molecule has 0 aliphatic carbocycles. The van der Waals surface area contributed by atoms with Crippen molar-refractivity contribution in [1.29, 1.82) is 0 Å². The van der Waals surface area contributed by atoms with Crippen molar-refractivity contribution in [2.24, 2.45) is 7.05 Å². The number of anilines is 1. The highest BCUT2D eigenvalue weighted by Gasteiger charge is 2.32. The standard InChI is InChI=1S/C17H17N3O4/c1-3-7-20-15-13(16(23)19(2)17(20)24)14(22)12(18-15)9-10-5-4-6-11(21)8-10/h4-6,8-9,18,21H,3,7H2,1-2H3. The third-order valence-corrected chi connectivity index (χ3v) is 3.90. The lowest BCUT2D eigenvalue weighted by Gasteiger charge is -2.11. The van der Waals surface area contributed by atoms with Crippen LogP contribution in [0.3, 0.4) is 0 Å². The van der Waals surface area contributed by atoms with Crippen molar-refractivity contribution in [2.45, 2.75) is 19.9 Å². The molecule has 2 N–H and O–H groups in total. The van der Waals surface area contributed by atoms with Gasteiger partial charge in [0.15, 0.2) is 0 Å². The predicted octanol–water partition coefficient (Wildman–Crippen LogP) is 1.31. The molecule has 24 heavy (non-hydrogen) atoms. The van der Waals surface area contributed by atoms with Gasteiger partial charge >= 0.3 is 5.69 Å². The molecule has 1 aliphatic heterocycles. The number of hydrogen-bond donors (Lipinski definition) is 2. The summed E-state index contributed by atoms with van der Waals surface area (Å²) in [6.45, 7) is 2.30. The molecule has 2 heterocycles. The van der Waals surface area contributed by atoms with Gasteiger partial charge in [-0.05, 0) is 30.2 Å². The smallest absolute Gasteiger partial charge is 0.332 e. The highest BCUT2D eigenvalue weighted by Crippen LogP contribution is 2.26. The number of phenolic OH excluding ortho intramolecular Hbond substituents is 1. The Morgan fingerprint density at radius 3 is 2.67 bits per heavy atom. The Bertz CT molecular complexity index is 982. The zero-order valence-electron chi connectivity index (χ0n) is 13.4. The number of nitrogens with one attached hydrogen (secondary N) is 1. The van der Waals surface area contributed by atoms with Gasteiger partial charge in [0.25, 0.3) is 5.56 Å². The summed E-state index contributed by atoms with van der Waals surface area (Å²) in [6, 6.07) is 6.40. The molecule has 0 amide bonds. The van der Waals surface area contributed by atoms with Crippen molar-refractivity contribution < 1.29 is 9.90 Å². The Morgan fingerprint density at radius 1 is 1.25 bits per heavy atom. The lowest BCUT2D eigenvalue weighted by Crippen LogP contribution is -2.40. The van der Waals surface area contributed by atoms with Gasteiger partial charge in [0.05, 0.1) is 5.70 Å². The van der Waals surface area contributed by atoms with Crippen molar-refractivity contribution >= 4 is 17.7 Å². The monoisotopic (exact) mass is 327 g/mol. The fraction of sp³-hybridized carbons (Fsp3) is 0.235. The number of aromatic nitrogens is 2. The Hall–Kier alpha value is -3.09. The number of rotatable bonds is 3. The van der Waals surface area contributed by atoms with Crippen molar-refractivity contribution in [1.82, 2.24) is 9.13 Å². The van der Waals surface area contributed by atoms with Crippen LogP contribution in [0.5, 0.6) is 5.75 Å². The lowest BCUT2D eigenvalue weighted by atomic mass is 10.1. The molecule has 2 aromatic rings. The van der Waals surface area contributed by atoms with E-state index in [1.165, 1.54) is 23.7 Å². The molecule has 0 saturated carbocycles. The van der Waals surface area contributed by atoms with Crippen molar-refractivity contribution in [3.8, 4) is 5.75 Å². The Balaban J connectivity index is 2.17. The molecule has 0 unspecified atom stereocenters. The van der Waals surface area contributed by atoms with Gasteiger partial charge < -0.3 is 10.4 Å². The molecule has 3 rings (SSSR count). The number of Topliss-reactive ketones (excluding diaryl/α,β-unsaturated/α-hetero) is 1. The number of carbonyl (C=O) groups is 1. The summed E-state index contributed by atoms with van der Waals surface area (Å²) in [5.41, 5.74) is -0.293. The Kier molecular flexibility index (Phi) is 3.84. The zero-order valence-corrected chi connectivity index (χ0v) is 13.4. The zero-order chi connectivity index (χ0) is 17.4. The number of ketones is 1. The van der Waals surface area contributed by atoms with Gasteiger partial charge in [-0.1, -0.05) is 19.1 Å². The molecule has 0 atom stereocenters. The molecule has 0 saturated heterocycles. The first-order chi connectivity index (χ1) is 11.4. The molecule has 1 aliphatic rings. The molecule has 1 aromatic heterocycles. The van der Waals surface area contributed by atoms with E-state index in [0.29, 0.717) is 18.5 Å². The van der Waals surface area contributed by atoms with E-state index in [-0.39, 0.29) is 22.8 Å². The van der Waals surface area contributed by atoms with Crippen LogP contribution in [0.15, 0.2) is 39.6 Å². The van der Waals surface area contributed by atoms with E-state index in [4.69, 9.17) is 0 Å². The first-order valence-electron chi connectivity index (χ1n) is 7.60. The third kappa shape index (κ3) is 2.44. The maximum Gasteiger partial charge on any atom is 0.332 e. The van der Waals surface area contributed by atoms with E-state index in [9.17, 15) is 19.5 Å². The third-order valence-electron chi connectivity index (χ3n) is 3.90. The normalized spacial score (nSPS) is 14.8. The van der Waals surface area contributed by atoms with E-state index in [1.54, 1.807) is 18.2 Å². The number of benzene rings is 1. The molecule has 0 spiro atoms. The maximum absolute atomic E-state index is 12.6.